The van der Waals surface area contributed by atoms with Crippen LogP contribution in [0.15, 0.2) is 23.8 Å². The van der Waals surface area contributed by atoms with E-state index in [4.69, 9.17) is 21.3 Å². The number of carboxylic acids is 1. The SMILES string of the molecule is COCC1(N(C)Cc2sc(NC(=O)c3cnc(N4CCC(C(=O)O)CC4)cn3)nc2-c2cc(Cl)cs2)CC1. The summed E-state index contributed by atoms with van der Waals surface area (Å²) >= 11 is 9.16. The third-order valence-electron chi connectivity index (χ3n) is 7.19. The van der Waals surface area contributed by atoms with E-state index in [1.54, 1.807) is 13.3 Å². The number of carbonyl (C=O) groups is 2. The molecule has 202 valence electrons. The van der Waals surface area contributed by atoms with Gasteiger partial charge in [-0.15, -0.1) is 11.3 Å². The van der Waals surface area contributed by atoms with Crippen LogP contribution in [0.1, 0.15) is 41.0 Å². The maximum Gasteiger partial charge on any atom is 0.306 e. The van der Waals surface area contributed by atoms with E-state index in [1.165, 1.54) is 28.9 Å². The molecule has 13 heteroatoms. The van der Waals surface area contributed by atoms with E-state index in [9.17, 15) is 14.7 Å². The van der Waals surface area contributed by atoms with Gasteiger partial charge in [-0.1, -0.05) is 22.9 Å². The van der Waals surface area contributed by atoms with E-state index in [0.29, 0.717) is 55.1 Å². The number of thiazole rings is 1. The molecule has 1 saturated heterocycles. The summed E-state index contributed by atoms with van der Waals surface area (Å²) < 4.78 is 5.45. The van der Waals surface area contributed by atoms with Gasteiger partial charge in [0.05, 0.1) is 40.5 Å². The summed E-state index contributed by atoms with van der Waals surface area (Å²) in [5.41, 5.74) is 1.04. The standard InChI is InChI=1S/C25H29ClN6O4S2/c1-31(25(5-6-25)14-36-2)12-19-21(18-9-16(26)13-37-18)29-24(38-19)30-22(33)17-10-28-20(11-27-17)32-7-3-15(4-8-32)23(34)35/h9-11,13,15H,3-8,12,14H2,1-2H3,(H,34,35)(H,29,30,33). The van der Waals surface area contributed by atoms with Crippen molar-refractivity contribution in [2.45, 2.75) is 37.8 Å². The number of ether oxygens (including phenoxy) is 1. The van der Waals surface area contributed by atoms with Crippen molar-refractivity contribution in [2.75, 3.05) is 44.1 Å². The van der Waals surface area contributed by atoms with Gasteiger partial charge in [-0.05, 0) is 38.8 Å². The van der Waals surface area contributed by atoms with Crippen LogP contribution in [0.4, 0.5) is 10.9 Å². The number of likely N-dealkylation sites (N-methyl/N-ethyl adjacent to an activating group) is 1. The van der Waals surface area contributed by atoms with E-state index >= 15 is 0 Å². The monoisotopic (exact) mass is 576 g/mol. The molecule has 0 aromatic carbocycles. The summed E-state index contributed by atoms with van der Waals surface area (Å²) in [6.45, 7) is 2.54. The summed E-state index contributed by atoms with van der Waals surface area (Å²) in [5.74, 6) is -0.841. The lowest BCUT2D eigenvalue weighted by Crippen LogP contribution is -2.37. The van der Waals surface area contributed by atoms with Crippen molar-refractivity contribution < 1.29 is 19.4 Å². The van der Waals surface area contributed by atoms with Crippen LogP contribution < -0.4 is 10.2 Å². The van der Waals surface area contributed by atoms with Crippen LogP contribution in [0.2, 0.25) is 5.02 Å². The maximum absolute atomic E-state index is 13.0. The predicted octanol–water partition coefficient (Wildman–Crippen LogP) is 4.48. The Morgan fingerprint density at radius 3 is 2.63 bits per heavy atom. The normalized spacial score (nSPS) is 17.1. The third-order valence-corrected chi connectivity index (χ3v) is 9.43. The molecule has 4 heterocycles. The second-order valence-electron chi connectivity index (χ2n) is 9.75. The quantitative estimate of drug-likeness (QED) is 0.360. The van der Waals surface area contributed by atoms with Gasteiger partial charge < -0.3 is 14.7 Å². The fourth-order valence-electron chi connectivity index (χ4n) is 4.69. The van der Waals surface area contributed by atoms with E-state index in [2.05, 4.69) is 27.2 Å². The highest BCUT2D eigenvalue weighted by molar-refractivity contribution is 7.17. The Kier molecular flexibility index (Phi) is 7.96. The van der Waals surface area contributed by atoms with Gasteiger partial charge in [0.2, 0.25) is 0 Å². The van der Waals surface area contributed by atoms with E-state index in [1.807, 2.05) is 16.3 Å². The first kappa shape index (κ1) is 26.9. The molecule has 0 radical (unpaired) electrons. The second-order valence-corrected chi connectivity index (χ2v) is 12.2. The van der Waals surface area contributed by atoms with Crippen LogP contribution in [0.5, 0.6) is 0 Å². The van der Waals surface area contributed by atoms with E-state index < -0.39 is 11.9 Å². The number of thiophene rings is 1. The lowest BCUT2D eigenvalue weighted by Gasteiger charge is -2.30. The first-order chi connectivity index (χ1) is 18.3. The number of anilines is 2. The molecule has 3 aromatic rings. The average Bonchev–Trinajstić information content (AvgIpc) is 3.41. The van der Waals surface area contributed by atoms with Crippen molar-refractivity contribution >= 4 is 57.1 Å². The number of hydrogen-bond acceptors (Lipinski definition) is 10. The first-order valence-corrected chi connectivity index (χ1v) is 14.4. The molecule has 0 atom stereocenters. The number of nitrogens with zero attached hydrogens (tertiary/aromatic N) is 5. The lowest BCUT2D eigenvalue weighted by molar-refractivity contribution is -0.142. The molecule has 0 bridgehead atoms. The molecule has 1 saturated carbocycles. The Morgan fingerprint density at radius 1 is 1.29 bits per heavy atom. The number of carbonyl (C=O) groups excluding carboxylic acids is 1. The number of aliphatic carboxylic acids is 1. The zero-order chi connectivity index (χ0) is 26.9. The molecule has 38 heavy (non-hydrogen) atoms. The van der Waals surface area contributed by atoms with Gasteiger partial charge in [-0.2, -0.15) is 0 Å². The zero-order valence-electron chi connectivity index (χ0n) is 21.1. The van der Waals surface area contributed by atoms with Gasteiger partial charge in [0.1, 0.15) is 11.5 Å². The number of nitrogens with one attached hydrogen (secondary N) is 1. The smallest absolute Gasteiger partial charge is 0.306 e. The summed E-state index contributed by atoms with van der Waals surface area (Å²) in [5, 5.41) is 15.1. The molecule has 3 aromatic heterocycles. The topological polar surface area (TPSA) is 121 Å². The number of amides is 1. The second kappa shape index (κ2) is 11.2. The van der Waals surface area contributed by atoms with Crippen molar-refractivity contribution in [3.05, 3.63) is 39.4 Å². The Labute approximate surface area is 233 Å². The minimum absolute atomic E-state index is 0.0484. The van der Waals surface area contributed by atoms with Crippen molar-refractivity contribution in [2.24, 2.45) is 5.92 Å². The summed E-state index contributed by atoms with van der Waals surface area (Å²) in [7, 11) is 3.82. The van der Waals surface area contributed by atoms with Gasteiger partial charge in [0.25, 0.3) is 5.91 Å². The Hall–Kier alpha value is -2.64. The fraction of sp³-hybridized carbons (Fsp3) is 0.480. The molecular formula is C25H29ClN6O4S2. The highest BCUT2D eigenvalue weighted by atomic mass is 35.5. The summed E-state index contributed by atoms with van der Waals surface area (Å²) in [4.78, 5) is 43.9. The number of methoxy groups -OCH3 is 1. The van der Waals surface area contributed by atoms with Crippen molar-refractivity contribution in [3.63, 3.8) is 0 Å². The highest BCUT2D eigenvalue weighted by Gasteiger charge is 2.46. The number of hydrogen-bond donors (Lipinski definition) is 2. The van der Waals surface area contributed by atoms with E-state index in [0.717, 1.165) is 28.3 Å². The van der Waals surface area contributed by atoms with Crippen LogP contribution >= 0.6 is 34.3 Å². The Balaban J connectivity index is 1.29. The average molecular weight is 577 g/mol. The molecule has 1 amide bonds. The summed E-state index contributed by atoms with van der Waals surface area (Å²) in [6.07, 6.45) is 6.30. The largest absolute Gasteiger partial charge is 0.481 e. The van der Waals surface area contributed by atoms with Crippen LogP contribution in [-0.2, 0) is 16.1 Å². The molecular weight excluding hydrogens is 548 g/mol. The van der Waals surface area contributed by atoms with Gasteiger partial charge in [0, 0.05) is 42.5 Å². The highest BCUT2D eigenvalue weighted by Crippen LogP contribution is 2.44. The Morgan fingerprint density at radius 2 is 2.05 bits per heavy atom. The molecule has 0 unspecified atom stereocenters. The fourth-order valence-corrected chi connectivity index (χ4v) is 6.87. The van der Waals surface area contributed by atoms with Crippen LogP contribution in [-0.4, -0.2) is 76.2 Å². The minimum atomic E-state index is -0.757. The number of aromatic nitrogens is 3. The zero-order valence-corrected chi connectivity index (χ0v) is 23.5. The maximum atomic E-state index is 13.0. The van der Waals surface area contributed by atoms with Gasteiger partial charge in [-0.3, -0.25) is 19.8 Å². The predicted molar refractivity (Wildman–Crippen MR) is 148 cm³/mol. The number of halogens is 1. The molecule has 2 N–H and O–H groups in total. The van der Waals surface area contributed by atoms with Crippen molar-refractivity contribution in [1.82, 2.24) is 19.9 Å². The molecule has 0 spiro atoms. The molecule has 1 aliphatic carbocycles. The van der Waals surface area contributed by atoms with Gasteiger partial charge in [-0.25, -0.2) is 15.0 Å². The van der Waals surface area contributed by atoms with Crippen LogP contribution in [0, 0.1) is 5.92 Å². The molecule has 2 fully saturated rings. The first-order valence-electron chi connectivity index (χ1n) is 12.3. The molecule has 10 nitrogen and oxygen atoms in total. The minimum Gasteiger partial charge on any atom is -0.481 e. The molecule has 2 aliphatic rings. The van der Waals surface area contributed by atoms with Gasteiger partial charge in [0.15, 0.2) is 5.13 Å². The third kappa shape index (κ3) is 5.84. The van der Waals surface area contributed by atoms with Crippen LogP contribution in [0.25, 0.3) is 10.6 Å². The molecule has 1 aliphatic heterocycles. The lowest BCUT2D eigenvalue weighted by atomic mass is 9.97. The van der Waals surface area contributed by atoms with Crippen molar-refractivity contribution in [1.29, 1.82) is 0 Å². The summed E-state index contributed by atoms with van der Waals surface area (Å²) in [6, 6.07) is 1.89. The van der Waals surface area contributed by atoms with Gasteiger partial charge >= 0.3 is 5.97 Å². The number of carboxylic acid groups (broad SMARTS) is 1. The van der Waals surface area contributed by atoms with Crippen molar-refractivity contribution in [3.8, 4) is 10.6 Å². The Bertz CT molecular complexity index is 1300. The van der Waals surface area contributed by atoms with Crippen LogP contribution in [0.3, 0.4) is 0 Å². The molecule has 5 rings (SSSR count). The van der Waals surface area contributed by atoms with E-state index in [-0.39, 0.29) is 17.2 Å². The number of rotatable bonds is 10. The number of piperidine rings is 1.